The van der Waals surface area contributed by atoms with Crippen molar-refractivity contribution >= 4 is 40.2 Å². The summed E-state index contributed by atoms with van der Waals surface area (Å²) in [5.74, 6) is -0.369. The van der Waals surface area contributed by atoms with Gasteiger partial charge in [-0.05, 0) is 66.2 Å². The van der Waals surface area contributed by atoms with E-state index in [4.69, 9.17) is 4.74 Å². The molecule has 0 aromatic heterocycles. The smallest absolute Gasteiger partial charge is 0.323 e. The van der Waals surface area contributed by atoms with E-state index in [1.54, 1.807) is 0 Å². The second-order valence-electron chi connectivity index (χ2n) is 4.71. The molecule has 0 bridgehead atoms. The van der Waals surface area contributed by atoms with Crippen molar-refractivity contribution in [2.24, 2.45) is 0 Å². The van der Waals surface area contributed by atoms with Gasteiger partial charge in [0.05, 0.1) is 13.7 Å². The van der Waals surface area contributed by atoms with E-state index in [1.807, 2.05) is 29.2 Å². The number of benzene rings is 1. The molecule has 1 atom stereocenters. The summed E-state index contributed by atoms with van der Waals surface area (Å²) in [6, 6.07) is 7.30. The third-order valence-electron chi connectivity index (χ3n) is 3.31. The Morgan fingerprint density at radius 2 is 2.10 bits per heavy atom. The highest BCUT2D eigenvalue weighted by molar-refractivity contribution is 14.1. The zero-order valence-corrected chi connectivity index (χ0v) is 13.4. The number of halogens is 1. The summed E-state index contributed by atoms with van der Waals surface area (Å²) in [7, 11) is 1.38. The minimum absolute atomic E-state index is 0.109. The number of methoxy groups -OCH3 is 1. The van der Waals surface area contributed by atoms with Gasteiger partial charge in [0.1, 0.15) is 6.04 Å². The normalized spacial score (nSPS) is 18.8. The summed E-state index contributed by atoms with van der Waals surface area (Å²) in [6.45, 7) is 0.964. The Kier molecular flexibility index (Phi) is 5.36. The van der Waals surface area contributed by atoms with Crippen molar-refractivity contribution < 1.29 is 14.3 Å². The average Bonchev–Trinajstić information content (AvgIpc) is 2.88. The molecular weight excluding hydrogens is 371 g/mol. The monoisotopic (exact) mass is 388 g/mol. The van der Waals surface area contributed by atoms with Crippen molar-refractivity contribution in [3.05, 3.63) is 27.8 Å². The second-order valence-corrected chi connectivity index (χ2v) is 5.95. The van der Waals surface area contributed by atoms with Gasteiger partial charge in [0.2, 0.25) is 5.91 Å². The number of esters is 1. The lowest BCUT2D eigenvalue weighted by Gasteiger charge is -2.21. The summed E-state index contributed by atoms with van der Waals surface area (Å²) >= 11 is 2.21. The third-order valence-corrected chi connectivity index (χ3v) is 4.03. The Balaban J connectivity index is 1.90. The SMILES string of the molecule is COC(=O)C1CCCN1CC(=O)Nc1ccc(I)cc1. The Morgan fingerprint density at radius 1 is 1.40 bits per heavy atom. The van der Waals surface area contributed by atoms with Crippen molar-refractivity contribution in [2.45, 2.75) is 18.9 Å². The number of ether oxygens (including phenoxy) is 1. The molecule has 2 rings (SSSR count). The zero-order chi connectivity index (χ0) is 14.5. The fraction of sp³-hybridized carbons (Fsp3) is 0.429. The van der Waals surface area contributed by atoms with Crippen LogP contribution in [0.2, 0.25) is 0 Å². The summed E-state index contributed by atoms with van der Waals surface area (Å²) in [4.78, 5) is 25.5. The average molecular weight is 388 g/mol. The molecule has 0 radical (unpaired) electrons. The molecule has 0 saturated carbocycles. The number of carbonyl (C=O) groups excluding carboxylic acids is 2. The Morgan fingerprint density at radius 3 is 2.75 bits per heavy atom. The maximum absolute atomic E-state index is 12.0. The molecule has 1 saturated heterocycles. The summed E-state index contributed by atoms with van der Waals surface area (Å²) < 4.78 is 5.88. The molecule has 6 heteroatoms. The standard InChI is InChI=1S/C14H17IN2O3/c1-20-14(19)12-3-2-8-17(12)9-13(18)16-11-6-4-10(15)5-7-11/h4-7,12H,2-3,8-9H2,1H3,(H,16,18). The first-order chi connectivity index (χ1) is 9.60. The van der Waals surface area contributed by atoms with Crippen molar-refractivity contribution in [3.8, 4) is 0 Å². The van der Waals surface area contributed by atoms with Crippen LogP contribution < -0.4 is 5.32 Å². The number of likely N-dealkylation sites (tertiary alicyclic amines) is 1. The van der Waals surface area contributed by atoms with Crippen molar-refractivity contribution in [1.29, 1.82) is 0 Å². The van der Waals surface area contributed by atoms with Gasteiger partial charge in [0.25, 0.3) is 0 Å². The lowest BCUT2D eigenvalue weighted by atomic mass is 10.2. The Bertz CT molecular complexity index is 490. The predicted octanol–water partition coefficient (Wildman–Crippen LogP) is 1.87. The molecule has 1 aromatic rings. The number of amides is 1. The van der Waals surface area contributed by atoms with Gasteiger partial charge in [-0.15, -0.1) is 0 Å². The molecule has 1 fully saturated rings. The molecule has 108 valence electrons. The van der Waals surface area contributed by atoms with E-state index < -0.39 is 0 Å². The van der Waals surface area contributed by atoms with E-state index in [1.165, 1.54) is 7.11 Å². The van der Waals surface area contributed by atoms with Crippen molar-refractivity contribution in [1.82, 2.24) is 4.90 Å². The highest BCUT2D eigenvalue weighted by atomic mass is 127. The van der Waals surface area contributed by atoms with Crippen LogP contribution in [-0.4, -0.2) is 43.0 Å². The molecule has 1 heterocycles. The molecule has 0 spiro atoms. The van der Waals surface area contributed by atoms with E-state index in [0.29, 0.717) is 0 Å². The van der Waals surface area contributed by atoms with E-state index in [2.05, 4.69) is 27.9 Å². The summed E-state index contributed by atoms with van der Waals surface area (Å²) in [5.41, 5.74) is 0.768. The Hall–Kier alpha value is -1.15. The quantitative estimate of drug-likeness (QED) is 0.632. The fourth-order valence-corrected chi connectivity index (χ4v) is 2.70. The predicted molar refractivity (Wildman–Crippen MR) is 84.4 cm³/mol. The molecule has 1 N–H and O–H groups in total. The molecule has 1 aliphatic rings. The first-order valence-electron chi connectivity index (χ1n) is 6.47. The summed E-state index contributed by atoms with van der Waals surface area (Å²) in [5, 5.41) is 2.84. The lowest BCUT2D eigenvalue weighted by molar-refractivity contribution is -0.146. The molecule has 20 heavy (non-hydrogen) atoms. The van der Waals surface area contributed by atoms with Gasteiger partial charge in [-0.3, -0.25) is 14.5 Å². The minimum Gasteiger partial charge on any atom is -0.468 e. The van der Waals surface area contributed by atoms with E-state index in [9.17, 15) is 9.59 Å². The van der Waals surface area contributed by atoms with E-state index >= 15 is 0 Å². The molecule has 5 nitrogen and oxygen atoms in total. The second kappa shape index (κ2) is 7.03. The van der Waals surface area contributed by atoms with Crippen LogP contribution in [0.4, 0.5) is 5.69 Å². The third kappa shape index (κ3) is 3.92. The molecular formula is C14H17IN2O3. The van der Waals surface area contributed by atoms with E-state index in [-0.39, 0.29) is 24.5 Å². The zero-order valence-electron chi connectivity index (χ0n) is 11.3. The van der Waals surface area contributed by atoms with Crippen LogP contribution in [0, 0.1) is 3.57 Å². The first-order valence-corrected chi connectivity index (χ1v) is 7.55. The van der Waals surface area contributed by atoms with Gasteiger partial charge < -0.3 is 10.1 Å². The van der Waals surface area contributed by atoms with Crippen molar-refractivity contribution in [3.63, 3.8) is 0 Å². The fourth-order valence-electron chi connectivity index (χ4n) is 2.34. The maximum Gasteiger partial charge on any atom is 0.323 e. The highest BCUT2D eigenvalue weighted by Crippen LogP contribution is 2.18. The van der Waals surface area contributed by atoms with Crippen LogP contribution in [0.25, 0.3) is 0 Å². The maximum atomic E-state index is 12.0. The number of nitrogens with one attached hydrogen (secondary N) is 1. The van der Waals surface area contributed by atoms with Crippen LogP contribution in [0.5, 0.6) is 0 Å². The van der Waals surface area contributed by atoms with Crippen molar-refractivity contribution in [2.75, 3.05) is 25.5 Å². The van der Waals surface area contributed by atoms with Crippen LogP contribution >= 0.6 is 22.6 Å². The number of rotatable bonds is 4. The molecule has 1 amide bonds. The molecule has 0 aliphatic carbocycles. The van der Waals surface area contributed by atoms with Gasteiger partial charge in [-0.2, -0.15) is 0 Å². The highest BCUT2D eigenvalue weighted by Gasteiger charge is 2.32. The molecule has 1 aliphatic heterocycles. The van der Waals surface area contributed by atoms with Crippen LogP contribution in [-0.2, 0) is 14.3 Å². The van der Waals surface area contributed by atoms with Gasteiger partial charge >= 0.3 is 5.97 Å². The number of anilines is 1. The van der Waals surface area contributed by atoms with Gasteiger partial charge in [-0.25, -0.2) is 0 Å². The Labute approximate surface area is 131 Å². The largest absolute Gasteiger partial charge is 0.468 e. The topological polar surface area (TPSA) is 58.6 Å². The lowest BCUT2D eigenvalue weighted by Crippen LogP contribution is -2.41. The van der Waals surface area contributed by atoms with Gasteiger partial charge in [0.15, 0.2) is 0 Å². The number of hydrogen-bond donors (Lipinski definition) is 1. The van der Waals surface area contributed by atoms with Crippen LogP contribution in [0.15, 0.2) is 24.3 Å². The molecule has 1 unspecified atom stereocenters. The van der Waals surface area contributed by atoms with Gasteiger partial charge in [0, 0.05) is 9.26 Å². The molecule has 1 aromatic carbocycles. The first kappa shape index (κ1) is 15.2. The summed E-state index contributed by atoms with van der Waals surface area (Å²) in [6.07, 6.45) is 1.67. The number of nitrogens with zero attached hydrogens (tertiary/aromatic N) is 1. The minimum atomic E-state index is -0.289. The number of carbonyl (C=O) groups is 2. The van der Waals surface area contributed by atoms with Crippen LogP contribution in [0.3, 0.4) is 0 Å². The van der Waals surface area contributed by atoms with Gasteiger partial charge in [-0.1, -0.05) is 0 Å². The van der Waals surface area contributed by atoms with Crippen LogP contribution in [0.1, 0.15) is 12.8 Å². The number of hydrogen-bond acceptors (Lipinski definition) is 4. The van der Waals surface area contributed by atoms with E-state index in [0.717, 1.165) is 28.6 Å².